The molecule has 32 heavy (non-hydrogen) atoms. The van der Waals surface area contributed by atoms with E-state index in [1.165, 1.54) is 0 Å². The molecule has 3 rings (SSSR count). The summed E-state index contributed by atoms with van der Waals surface area (Å²) >= 11 is 6.09. The maximum atomic E-state index is 13.6. The number of para-hydroxylation sites is 1. The highest BCUT2D eigenvalue weighted by Crippen LogP contribution is 2.28. The molecule has 0 bridgehead atoms. The summed E-state index contributed by atoms with van der Waals surface area (Å²) in [7, 11) is 0. The molecule has 1 aromatic heterocycles. The molecule has 0 N–H and O–H groups in total. The summed E-state index contributed by atoms with van der Waals surface area (Å²) in [6.45, 7) is 10.5. The van der Waals surface area contributed by atoms with Crippen molar-refractivity contribution in [2.45, 2.75) is 59.9 Å². The molecule has 0 saturated carbocycles. The first-order valence-electron chi connectivity index (χ1n) is 11.2. The minimum atomic E-state index is -0.539. The largest absolute Gasteiger partial charge is 0.332 e. The fourth-order valence-electron chi connectivity index (χ4n) is 3.84. The summed E-state index contributed by atoms with van der Waals surface area (Å²) in [6.07, 6.45) is 3.01. The van der Waals surface area contributed by atoms with Crippen molar-refractivity contribution in [3.63, 3.8) is 0 Å². The number of hydrogen-bond donors (Lipinski definition) is 0. The van der Waals surface area contributed by atoms with E-state index in [-0.39, 0.29) is 17.5 Å². The van der Waals surface area contributed by atoms with E-state index in [9.17, 15) is 9.59 Å². The van der Waals surface area contributed by atoms with Crippen molar-refractivity contribution in [1.82, 2.24) is 14.5 Å². The monoisotopic (exact) mass is 453 g/mol. The molecular weight excluding hydrogens is 422 g/mol. The van der Waals surface area contributed by atoms with Crippen LogP contribution in [0, 0.1) is 5.41 Å². The second kappa shape index (κ2) is 9.86. The van der Waals surface area contributed by atoms with Crippen LogP contribution in [0.1, 0.15) is 65.7 Å². The lowest BCUT2D eigenvalue weighted by Gasteiger charge is -2.35. The van der Waals surface area contributed by atoms with E-state index in [0.717, 1.165) is 19.3 Å². The normalized spacial score (nSPS) is 12.7. The van der Waals surface area contributed by atoms with Gasteiger partial charge in [0.2, 0.25) is 5.91 Å². The van der Waals surface area contributed by atoms with Gasteiger partial charge < -0.3 is 4.90 Å². The molecule has 1 amide bonds. The molecule has 0 aliphatic rings. The van der Waals surface area contributed by atoms with Crippen LogP contribution in [-0.2, 0) is 4.79 Å². The Bertz CT molecular complexity index is 1150. The zero-order valence-electron chi connectivity index (χ0n) is 19.6. The number of carbonyl (C=O) groups is 1. The number of aromatic nitrogens is 2. The van der Waals surface area contributed by atoms with Crippen LogP contribution < -0.4 is 5.56 Å². The summed E-state index contributed by atoms with van der Waals surface area (Å²) in [4.78, 5) is 33.7. The van der Waals surface area contributed by atoms with Crippen molar-refractivity contribution in [2.75, 3.05) is 6.54 Å². The molecule has 6 heteroatoms. The number of benzene rings is 2. The van der Waals surface area contributed by atoms with Gasteiger partial charge in [0.1, 0.15) is 5.82 Å². The SMILES string of the molecule is CCCCCN(C(=O)C(C)(C)C)C(C)c1nc2ccccc2c(=O)n1-c1ccc(Cl)cc1. The number of nitrogens with zero attached hydrogens (tertiary/aromatic N) is 3. The molecular formula is C26H32ClN3O2. The van der Waals surface area contributed by atoms with Crippen LogP contribution in [0.2, 0.25) is 5.02 Å². The zero-order valence-corrected chi connectivity index (χ0v) is 20.3. The number of carbonyl (C=O) groups excluding carboxylic acids is 1. The minimum Gasteiger partial charge on any atom is -0.332 e. The third-order valence-corrected chi connectivity index (χ3v) is 5.88. The number of rotatable bonds is 7. The fourth-order valence-corrected chi connectivity index (χ4v) is 3.97. The molecule has 1 atom stereocenters. The summed E-state index contributed by atoms with van der Waals surface area (Å²) in [6, 6.07) is 14.1. The zero-order chi connectivity index (χ0) is 23.5. The summed E-state index contributed by atoms with van der Waals surface area (Å²) in [5.74, 6) is 0.594. The van der Waals surface area contributed by atoms with Crippen LogP contribution in [0.25, 0.3) is 16.6 Å². The lowest BCUT2D eigenvalue weighted by molar-refractivity contribution is -0.142. The van der Waals surface area contributed by atoms with E-state index in [0.29, 0.717) is 34.0 Å². The van der Waals surface area contributed by atoms with Gasteiger partial charge in [-0.05, 0) is 49.7 Å². The van der Waals surface area contributed by atoms with Crippen molar-refractivity contribution < 1.29 is 4.79 Å². The maximum absolute atomic E-state index is 13.6. The van der Waals surface area contributed by atoms with Crippen molar-refractivity contribution in [3.8, 4) is 5.69 Å². The second-order valence-electron chi connectivity index (χ2n) is 9.24. The third kappa shape index (κ3) is 5.04. The Hall–Kier alpha value is -2.66. The van der Waals surface area contributed by atoms with Gasteiger partial charge >= 0.3 is 0 Å². The number of unbranched alkanes of at least 4 members (excludes halogenated alkanes) is 2. The number of halogens is 1. The summed E-state index contributed by atoms with van der Waals surface area (Å²) in [5.41, 5.74) is 0.608. The minimum absolute atomic E-state index is 0.0474. The van der Waals surface area contributed by atoms with Gasteiger partial charge in [0.05, 0.1) is 22.6 Å². The molecule has 170 valence electrons. The van der Waals surface area contributed by atoms with Crippen LogP contribution in [-0.4, -0.2) is 26.9 Å². The van der Waals surface area contributed by atoms with Gasteiger partial charge in [-0.3, -0.25) is 14.2 Å². The van der Waals surface area contributed by atoms with E-state index < -0.39 is 5.41 Å². The molecule has 5 nitrogen and oxygen atoms in total. The second-order valence-corrected chi connectivity index (χ2v) is 9.67. The number of hydrogen-bond acceptors (Lipinski definition) is 3. The van der Waals surface area contributed by atoms with Crippen LogP contribution >= 0.6 is 11.6 Å². The number of amides is 1. The maximum Gasteiger partial charge on any atom is 0.266 e. The molecule has 0 aliphatic heterocycles. The highest BCUT2D eigenvalue weighted by Gasteiger charge is 2.33. The molecule has 0 saturated heterocycles. The van der Waals surface area contributed by atoms with Gasteiger partial charge in [-0.1, -0.05) is 64.3 Å². The van der Waals surface area contributed by atoms with E-state index >= 15 is 0 Å². The van der Waals surface area contributed by atoms with E-state index in [1.807, 2.05) is 62.9 Å². The lowest BCUT2D eigenvalue weighted by Crippen LogP contribution is -2.43. The first kappa shape index (κ1) is 24.0. The Kier molecular flexibility index (Phi) is 7.40. The summed E-state index contributed by atoms with van der Waals surface area (Å²) in [5, 5.41) is 1.13. The van der Waals surface area contributed by atoms with Gasteiger partial charge in [-0.2, -0.15) is 0 Å². The molecule has 3 aromatic rings. The Morgan fingerprint density at radius 1 is 1.09 bits per heavy atom. The van der Waals surface area contributed by atoms with Crippen LogP contribution in [0.5, 0.6) is 0 Å². The molecule has 2 aromatic carbocycles. The highest BCUT2D eigenvalue weighted by molar-refractivity contribution is 6.30. The van der Waals surface area contributed by atoms with Gasteiger partial charge in [-0.25, -0.2) is 4.98 Å². The highest BCUT2D eigenvalue weighted by atomic mass is 35.5. The van der Waals surface area contributed by atoms with Crippen molar-refractivity contribution in [2.24, 2.45) is 5.41 Å². The van der Waals surface area contributed by atoms with Crippen LogP contribution in [0.4, 0.5) is 0 Å². The topological polar surface area (TPSA) is 55.2 Å². The fraction of sp³-hybridized carbons (Fsp3) is 0.423. The predicted molar refractivity (Wildman–Crippen MR) is 131 cm³/mol. The molecule has 1 heterocycles. The van der Waals surface area contributed by atoms with Crippen molar-refractivity contribution in [3.05, 3.63) is 69.7 Å². The van der Waals surface area contributed by atoms with Crippen molar-refractivity contribution >= 4 is 28.4 Å². The third-order valence-electron chi connectivity index (χ3n) is 5.63. The van der Waals surface area contributed by atoms with Gasteiger partial charge in [0.15, 0.2) is 0 Å². The first-order chi connectivity index (χ1) is 15.1. The Morgan fingerprint density at radius 3 is 2.38 bits per heavy atom. The quantitative estimate of drug-likeness (QED) is 0.402. The van der Waals surface area contributed by atoms with Crippen LogP contribution in [0.3, 0.4) is 0 Å². The predicted octanol–water partition coefficient (Wildman–Crippen LogP) is 6.17. The lowest BCUT2D eigenvalue weighted by atomic mass is 9.93. The van der Waals surface area contributed by atoms with Gasteiger partial charge in [0.25, 0.3) is 5.56 Å². The molecule has 0 fully saturated rings. The Labute approximate surface area is 195 Å². The Balaban J connectivity index is 2.21. The molecule has 0 spiro atoms. The molecule has 0 radical (unpaired) electrons. The molecule has 1 unspecified atom stereocenters. The van der Waals surface area contributed by atoms with Crippen molar-refractivity contribution in [1.29, 1.82) is 0 Å². The molecule has 0 aliphatic carbocycles. The Morgan fingerprint density at radius 2 is 1.75 bits per heavy atom. The van der Waals surface area contributed by atoms with Gasteiger partial charge in [-0.15, -0.1) is 0 Å². The van der Waals surface area contributed by atoms with E-state index in [4.69, 9.17) is 16.6 Å². The first-order valence-corrected chi connectivity index (χ1v) is 11.6. The standard InChI is InChI=1S/C26H32ClN3O2/c1-6-7-10-17-29(25(32)26(3,4)5)18(2)23-28-22-12-9-8-11-21(22)24(31)30(23)20-15-13-19(27)14-16-20/h8-9,11-16,18H,6-7,10,17H2,1-5H3. The average molecular weight is 454 g/mol. The van der Waals surface area contributed by atoms with E-state index in [1.54, 1.807) is 22.8 Å². The van der Waals surface area contributed by atoms with Gasteiger partial charge in [0, 0.05) is 17.0 Å². The smallest absolute Gasteiger partial charge is 0.266 e. The summed E-state index contributed by atoms with van der Waals surface area (Å²) < 4.78 is 1.62. The van der Waals surface area contributed by atoms with E-state index in [2.05, 4.69) is 6.92 Å². The average Bonchev–Trinajstić information content (AvgIpc) is 2.76. The van der Waals surface area contributed by atoms with Crippen LogP contribution in [0.15, 0.2) is 53.3 Å². The number of fused-ring (bicyclic) bond motifs is 1.